The summed E-state index contributed by atoms with van der Waals surface area (Å²) in [4.78, 5) is 26.4. The van der Waals surface area contributed by atoms with Gasteiger partial charge in [0.2, 0.25) is 7.37 Å². The standard InChI is InChI=1S/C40H44NO6P/c42-38(43)36(21-30-15-16-34-13-7-8-14-35(34)20-30)27-48(45,47-40-23-31-17-32(24-40)19-33(18-31)25-40)37(22-28-9-3-1-4-10-28)41-39(44)46-26-29-11-5-2-6-12-29/h1-16,20,31-33,36-37H,17-19,21-27H2,(H,41,44)(H,42,43). The van der Waals surface area contributed by atoms with Crippen molar-refractivity contribution < 1.29 is 28.5 Å². The Labute approximate surface area is 282 Å². The van der Waals surface area contributed by atoms with Crippen molar-refractivity contribution in [3.8, 4) is 0 Å². The molecule has 4 aliphatic rings. The van der Waals surface area contributed by atoms with Crippen LogP contribution in [0.4, 0.5) is 4.79 Å². The molecule has 4 aromatic rings. The zero-order valence-electron chi connectivity index (χ0n) is 27.2. The molecule has 4 fully saturated rings. The molecule has 1 amide bonds. The summed E-state index contributed by atoms with van der Waals surface area (Å²) in [5, 5.41) is 15.7. The fourth-order valence-corrected chi connectivity index (χ4v) is 11.9. The van der Waals surface area contributed by atoms with E-state index in [-0.39, 0.29) is 25.6 Å². The number of carboxylic acids is 1. The van der Waals surface area contributed by atoms with E-state index in [1.54, 1.807) is 0 Å². The molecule has 250 valence electrons. The van der Waals surface area contributed by atoms with Gasteiger partial charge in [0.1, 0.15) is 12.4 Å². The molecule has 3 unspecified atom stereocenters. The van der Waals surface area contributed by atoms with Crippen molar-refractivity contribution in [2.45, 2.75) is 69.4 Å². The first kappa shape index (κ1) is 32.6. The number of carboxylic acid groups (broad SMARTS) is 1. The van der Waals surface area contributed by atoms with Gasteiger partial charge in [0.05, 0.1) is 11.5 Å². The third-order valence-corrected chi connectivity index (χ3v) is 13.6. The number of ether oxygens (including phenoxy) is 1. The van der Waals surface area contributed by atoms with Gasteiger partial charge in [0.15, 0.2) is 0 Å². The van der Waals surface area contributed by atoms with Crippen LogP contribution in [-0.4, -0.2) is 34.7 Å². The maximum Gasteiger partial charge on any atom is 0.408 e. The quantitative estimate of drug-likeness (QED) is 0.138. The second kappa shape index (κ2) is 13.9. The Morgan fingerprint density at radius 1 is 0.750 bits per heavy atom. The summed E-state index contributed by atoms with van der Waals surface area (Å²) in [6.07, 6.45) is 5.60. The third kappa shape index (κ3) is 7.53. The van der Waals surface area contributed by atoms with Gasteiger partial charge < -0.3 is 19.7 Å². The van der Waals surface area contributed by atoms with Crippen molar-refractivity contribution in [1.82, 2.24) is 5.32 Å². The fraction of sp³-hybridized carbons (Fsp3) is 0.400. The van der Waals surface area contributed by atoms with Crippen LogP contribution in [0.1, 0.15) is 55.2 Å². The summed E-state index contributed by atoms with van der Waals surface area (Å²) >= 11 is 0. The lowest BCUT2D eigenvalue weighted by atomic mass is 9.54. The number of amides is 1. The number of fused-ring (bicyclic) bond motifs is 1. The van der Waals surface area contributed by atoms with E-state index >= 15 is 4.57 Å². The van der Waals surface area contributed by atoms with Gasteiger partial charge >= 0.3 is 12.1 Å². The molecule has 4 aromatic carbocycles. The average molecular weight is 666 g/mol. The number of hydrogen-bond donors (Lipinski definition) is 2. The predicted molar refractivity (Wildman–Crippen MR) is 187 cm³/mol. The van der Waals surface area contributed by atoms with Crippen LogP contribution >= 0.6 is 7.37 Å². The van der Waals surface area contributed by atoms with E-state index in [0.717, 1.165) is 46.7 Å². The van der Waals surface area contributed by atoms with Crippen LogP contribution in [0.2, 0.25) is 0 Å². The molecule has 2 N–H and O–H groups in total. The maximum absolute atomic E-state index is 15.8. The Morgan fingerprint density at radius 2 is 1.33 bits per heavy atom. The molecule has 48 heavy (non-hydrogen) atoms. The first-order chi connectivity index (χ1) is 23.2. The molecule has 4 bridgehead atoms. The Morgan fingerprint density at radius 3 is 1.96 bits per heavy atom. The lowest BCUT2D eigenvalue weighted by Crippen LogP contribution is -2.52. The molecule has 0 radical (unpaired) electrons. The Kier molecular flexibility index (Phi) is 9.44. The molecular weight excluding hydrogens is 621 g/mol. The lowest BCUT2D eigenvalue weighted by molar-refractivity contribution is -0.141. The Bertz CT molecular complexity index is 1760. The molecule has 0 spiro atoms. The van der Waals surface area contributed by atoms with Crippen LogP contribution in [0.5, 0.6) is 0 Å². The van der Waals surface area contributed by atoms with Gasteiger partial charge in [-0.05, 0) is 90.2 Å². The summed E-state index contributed by atoms with van der Waals surface area (Å²) in [5.74, 6) is -1.36. The molecule has 7 nitrogen and oxygen atoms in total. The van der Waals surface area contributed by atoms with Gasteiger partial charge in [-0.2, -0.15) is 0 Å². The first-order valence-corrected chi connectivity index (χ1v) is 19.1. The van der Waals surface area contributed by atoms with Crippen molar-refractivity contribution in [3.05, 3.63) is 120 Å². The maximum atomic E-state index is 15.8. The van der Waals surface area contributed by atoms with Crippen LogP contribution in [-0.2, 0) is 38.1 Å². The second-order valence-electron chi connectivity index (χ2n) is 14.4. The second-order valence-corrected chi connectivity index (χ2v) is 17.1. The number of nitrogens with one attached hydrogen (secondary N) is 1. The van der Waals surface area contributed by atoms with Gasteiger partial charge in [-0.15, -0.1) is 0 Å². The molecule has 8 rings (SSSR count). The Hall–Kier alpha value is -3.93. The van der Waals surface area contributed by atoms with E-state index in [2.05, 4.69) is 5.32 Å². The number of hydrogen-bond acceptors (Lipinski definition) is 5. The molecule has 3 atom stereocenters. The van der Waals surface area contributed by atoms with Gasteiger partial charge in [-0.3, -0.25) is 9.36 Å². The molecular formula is C40H44NO6P. The third-order valence-electron chi connectivity index (χ3n) is 10.7. The summed E-state index contributed by atoms with van der Waals surface area (Å²) in [6.45, 7) is 0.0601. The number of carbonyl (C=O) groups is 2. The van der Waals surface area contributed by atoms with Crippen molar-refractivity contribution in [1.29, 1.82) is 0 Å². The number of benzene rings is 4. The van der Waals surface area contributed by atoms with Gasteiger partial charge in [-0.1, -0.05) is 103 Å². The zero-order chi connectivity index (χ0) is 33.1. The van der Waals surface area contributed by atoms with Gasteiger partial charge in [0, 0.05) is 12.6 Å². The highest BCUT2D eigenvalue weighted by Crippen LogP contribution is 2.65. The molecule has 0 saturated heterocycles. The summed E-state index contributed by atoms with van der Waals surface area (Å²) in [6, 6.07) is 32.9. The fourth-order valence-electron chi connectivity index (χ4n) is 8.91. The molecule has 0 aromatic heterocycles. The van der Waals surface area contributed by atoms with E-state index in [1.165, 1.54) is 19.3 Å². The topological polar surface area (TPSA) is 102 Å². The van der Waals surface area contributed by atoms with Crippen molar-refractivity contribution in [3.63, 3.8) is 0 Å². The molecule has 4 saturated carbocycles. The van der Waals surface area contributed by atoms with E-state index in [4.69, 9.17) is 9.26 Å². The molecule has 0 aliphatic heterocycles. The number of rotatable bonds is 13. The van der Waals surface area contributed by atoms with Crippen molar-refractivity contribution in [2.75, 3.05) is 6.16 Å². The molecule has 4 aliphatic carbocycles. The smallest absolute Gasteiger partial charge is 0.408 e. The zero-order valence-corrected chi connectivity index (χ0v) is 28.1. The minimum atomic E-state index is -3.88. The predicted octanol–water partition coefficient (Wildman–Crippen LogP) is 8.84. The van der Waals surface area contributed by atoms with Crippen molar-refractivity contribution >= 4 is 30.2 Å². The average Bonchev–Trinajstić information content (AvgIpc) is 3.07. The highest BCUT2D eigenvalue weighted by atomic mass is 31.2. The van der Waals surface area contributed by atoms with E-state index < -0.39 is 36.7 Å². The molecule has 8 heteroatoms. The SMILES string of the molecule is O=C(NC(Cc1ccccc1)P(=O)(CC(Cc1ccc2ccccc2c1)C(=O)O)OC12CC3CC(CC(C3)C1)C2)OCc1ccccc1. The first-order valence-electron chi connectivity index (χ1n) is 17.3. The van der Waals surface area contributed by atoms with Gasteiger partial charge in [-0.25, -0.2) is 4.79 Å². The van der Waals surface area contributed by atoms with Gasteiger partial charge in [0.25, 0.3) is 0 Å². The largest absolute Gasteiger partial charge is 0.481 e. The minimum absolute atomic E-state index is 0.0601. The van der Waals surface area contributed by atoms with Crippen LogP contribution in [0.3, 0.4) is 0 Å². The van der Waals surface area contributed by atoms with Crippen LogP contribution < -0.4 is 5.32 Å². The van der Waals surface area contributed by atoms with E-state index in [1.807, 2.05) is 103 Å². The normalized spacial score (nSPS) is 25.2. The van der Waals surface area contributed by atoms with Crippen molar-refractivity contribution in [2.24, 2.45) is 23.7 Å². The lowest BCUT2D eigenvalue weighted by Gasteiger charge is -2.57. The monoisotopic (exact) mass is 665 g/mol. The molecule has 0 heterocycles. The number of alkyl carbamates (subject to hydrolysis) is 1. The van der Waals surface area contributed by atoms with E-state index in [0.29, 0.717) is 17.8 Å². The summed E-state index contributed by atoms with van der Waals surface area (Å²) in [7, 11) is -3.88. The van der Waals surface area contributed by atoms with Crippen LogP contribution in [0.25, 0.3) is 10.8 Å². The highest BCUT2D eigenvalue weighted by molar-refractivity contribution is 7.59. The minimum Gasteiger partial charge on any atom is -0.481 e. The summed E-state index contributed by atoms with van der Waals surface area (Å²) < 4.78 is 28.5. The van der Waals surface area contributed by atoms with Crippen LogP contribution in [0, 0.1) is 23.7 Å². The van der Waals surface area contributed by atoms with E-state index in [9.17, 15) is 14.7 Å². The number of carbonyl (C=O) groups excluding carboxylic acids is 1. The summed E-state index contributed by atoms with van der Waals surface area (Å²) in [5.41, 5.74) is 2.00. The number of aliphatic carboxylic acids is 1. The Balaban J connectivity index is 1.21. The van der Waals surface area contributed by atoms with Crippen LogP contribution in [0.15, 0.2) is 103 Å². The highest BCUT2D eigenvalue weighted by Gasteiger charge is 2.55.